The van der Waals surface area contributed by atoms with Crippen LogP contribution in [0, 0.1) is 0 Å². The van der Waals surface area contributed by atoms with E-state index in [1.54, 1.807) is 14.0 Å². The fourth-order valence-corrected chi connectivity index (χ4v) is 2.57. The van der Waals surface area contributed by atoms with Gasteiger partial charge < -0.3 is 19.3 Å². The van der Waals surface area contributed by atoms with E-state index < -0.39 is 0 Å². The molecule has 0 bridgehead atoms. The van der Waals surface area contributed by atoms with Gasteiger partial charge in [0.25, 0.3) is 0 Å². The van der Waals surface area contributed by atoms with Crippen LogP contribution in [-0.4, -0.2) is 31.4 Å². The predicted molar refractivity (Wildman–Crippen MR) is 99.9 cm³/mol. The molecule has 2 aromatic carbocycles. The Bertz CT molecular complexity index is 694. The van der Waals surface area contributed by atoms with E-state index in [1.807, 2.05) is 42.5 Å². The van der Waals surface area contributed by atoms with Gasteiger partial charge in [-0.2, -0.15) is 0 Å². The van der Waals surface area contributed by atoms with Crippen LogP contribution in [0.3, 0.4) is 0 Å². The molecule has 0 amide bonds. The van der Waals surface area contributed by atoms with Gasteiger partial charge in [0, 0.05) is 13.0 Å². The number of carbonyl (C=O) groups excluding carboxylic acids is 1. The molecule has 2 rings (SSSR count). The minimum absolute atomic E-state index is 0.162. The molecule has 2 aromatic rings. The first-order chi connectivity index (χ1) is 12.7. The molecule has 0 spiro atoms. The largest absolute Gasteiger partial charge is 0.493 e. The van der Waals surface area contributed by atoms with Crippen LogP contribution in [0.2, 0.25) is 0 Å². The van der Waals surface area contributed by atoms with Crippen molar-refractivity contribution in [3.8, 4) is 17.2 Å². The summed E-state index contributed by atoms with van der Waals surface area (Å²) in [6.45, 7) is 2.37. The zero-order valence-electron chi connectivity index (χ0n) is 15.4. The Kier molecular flexibility index (Phi) is 7.96. The lowest BCUT2D eigenvalue weighted by Crippen LogP contribution is -2.05. The van der Waals surface area contributed by atoms with Gasteiger partial charge in [-0.05, 0) is 61.6 Å². The molecule has 0 aliphatic heterocycles. The van der Waals surface area contributed by atoms with Crippen molar-refractivity contribution >= 4 is 5.97 Å². The maximum Gasteiger partial charge on any atom is 0.306 e. The highest BCUT2D eigenvalue weighted by atomic mass is 16.5. The number of benzene rings is 2. The average molecular weight is 358 g/mol. The van der Waals surface area contributed by atoms with Crippen LogP contribution in [0.25, 0.3) is 0 Å². The van der Waals surface area contributed by atoms with E-state index >= 15 is 0 Å². The molecule has 5 nitrogen and oxygen atoms in total. The molecule has 1 N–H and O–H groups in total. The lowest BCUT2D eigenvalue weighted by atomic mass is 10.1. The van der Waals surface area contributed by atoms with Gasteiger partial charge in [0.05, 0.1) is 13.7 Å². The fraction of sp³-hybridized carbons (Fsp3) is 0.381. The Balaban J connectivity index is 2.02. The lowest BCUT2D eigenvalue weighted by molar-refractivity contribution is -0.143. The van der Waals surface area contributed by atoms with Gasteiger partial charge in [-0.1, -0.05) is 18.2 Å². The molecule has 26 heavy (non-hydrogen) atoms. The summed E-state index contributed by atoms with van der Waals surface area (Å²) >= 11 is 0. The van der Waals surface area contributed by atoms with E-state index in [-0.39, 0.29) is 12.6 Å². The Labute approximate surface area is 154 Å². The van der Waals surface area contributed by atoms with Crippen molar-refractivity contribution in [1.82, 2.24) is 0 Å². The topological polar surface area (TPSA) is 65.0 Å². The van der Waals surface area contributed by atoms with Crippen molar-refractivity contribution in [3.63, 3.8) is 0 Å². The summed E-state index contributed by atoms with van der Waals surface area (Å²) in [6, 6.07) is 13.4. The highest BCUT2D eigenvalue weighted by Crippen LogP contribution is 2.33. The quantitative estimate of drug-likeness (QED) is 0.653. The molecule has 0 aliphatic carbocycles. The minimum Gasteiger partial charge on any atom is -0.493 e. The van der Waals surface area contributed by atoms with E-state index in [9.17, 15) is 4.79 Å². The molecule has 0 aliphatic rings. The molecule has 0 saturated carbocycles. The monoisotopic (exact) mass is 358 g/mol. The molecule has 0 fully saturated rings. The molecular formula is C21H26O5. The van der Waals surface area contributed by atoms with Gasteiger partial charge in [0.2, 0.25) is 0 Å². The number of esters is 1. The minimum atomic E-state index is -0.183. The molecule has 0 radical (unpaired) electrons. The number of ether oxygens (including phenoxy) is 3. The zero-order valence-corrected chi connectivity index (χ0v) is 15.4. The summed E-state index contributed by atoms with van der Waals surface area (Å²) in [7, 11) is 1.61. The molecule has 140 valence electrons. The van der Waals surface area contributed by atoms with Crippen molar-refractivity contribution in [2.24, 2.45) is 0 Å². The Morgan fingerprint density at radius 2 is 1.73 bits per heavy atom. The second-order valence-corrected chi connectivity index (χ2v) is 5.86. The number of aliphatic hydroxyl groups is 1. The molecular weight excluding hydrogens is 332 g/mol. The predicted octanol–water partition coefficient (Wildman–Crippen LogP) is 3.91. The summed E-state index contributed by atoms with van der Waals surface area (Å²) < 4.78 is 16.3. The van der Waals surface area contributed by atoms with Crippen molar-refractivity contribution in [1.29, 1.82) is 0 Å². The third-order valence-electron chi connectivity index (χ3n) is 3.93. The second-order valence-electron chi connectivity index (χ2n) is 5.86. The summed E-state index contributed by atoms with van der Waals surface area (Å²) in [5.74, 6) is 1.81. The van der Waals surface area contributed by atoms with Gasteiger partial charge in [0.15, 0.2) is 11.5 Å². The van der Waals surface area contributed by atoms with Crippen LogP contribution in [0.5, 0.6) is 17.2 Å². The van der Waals surface area contributed by atoms with Crippen LogP contribution in [0.4, 0.5) is 0 Å². The van der Waals surface area contributed by atoms with Crippen molar-refractivity contribution < 1.29 is 24.1 Å². The van der Waals surface area contributed by atoms with Gasteiger partial charge in [-0.15, -0.1) is 0 Å². The van der Waals surface area contributed by atoms with Gasteiger partial charge in [-0.25, -0.2) is 0 Å². The van der Waals surface area contributed by atoms with E-state index in [0.29, 0.717) is 43.1 Å². The number of carbonyl (C=O) groups is 1. The number of hydrogen-bond donors (Lipinski definition) is 1. The van der Waals surface area contributed by atoms with Crippen molar-refractivity contribution in [2.75, 3.05) is 20.3 Å². The Morgan fingerprint density at radius 1 is 1.00 bits per heavy atom. The smallest absolute Gasteiger partial charge is 0.306 e. The highest BCUT2D eigenvalue weighted by molar-refractivity contribution is 5.69. The first kappa shape index (κ1) is 19.8. The highest BCUT2D eigenvalue weighted by Gasteiger charge is 2.08. The number of methoxy groups -OCH3 is 1. The Hall–Kier alpha value is -2.53. The lowest BCUT2D eigenvalue weighted by Gasteiger charge is -2.12. The summed E-state index contributed by atoms with van der Waals surface area (Å²) in [5, 5.41) is 8.98. The maximum atomic E-state index is 11.4. The molecule has 0 atom stereocenters. The van der Waals surface area contributed by atoms with Crippen LogP contribution in [0.1, 0.15) is 30.9 Å². The number of rotatable bonds is 10. The third kappa shape index (κ3) is 6.08. The number of aliphatic hydroxyl groups excluding tert-OH is 1. The van der Waals surface area contributed by atoms with Crippen LogP contribution < -0.4 is 9.47 Å². The van der Waals surface area contributed by atoms with E-state index in [4.69, 9.17) is 19.3 Å². The molecule has 0 saturated heterocycles. The third-order valence-corrected chi connectivity index (χ3v) is 3.93. The zero-order chi connectivity index (χ0) is 18.8. The van der Waals surface area contributed by atoms with Crippen molar-refractivity contribution in [2.45, 2.75) is 32.6 Å². The maximum absolute atomic E-state index is 11.4. The van der Waals surface area contributed by atoms with E-state index in [0.717, 1.165) is 17.5 Å². The van der Waals surface area contributed by atoms with Crippen LogP contribution >= 0.6 is 0 Å². The summed E-state index contributed by atoms with van der Waals surface area (Å²) in [6.07, 6.45) is 2.50. The summed E-state index contributed by atoms with van der Waals surface area (Å²) in [5.41, 5.74) is 2.13. The standard InChI is InChI=1S/C21H26O5/c1-3-25-21(23)13-9-16-6-10-18(11-7-16)26-20-15-17(5-4-14-22)8-12-19(20)24-2/h6-8,10-12,15,22H,3-5,9,13-14H2,1-2H3. The number of aryl methyl sites for hydroxylation is 2. The average Bonchev–Trinajstić information content (AvgIpc) is 2.66. The SMILES string of the molecule is CCOC(=O)CCc1ccc(Oc2cc(CCCO)ccc2OC)cc1. The van der Waals surface area contributed by atoms with Crippen LogP contribution in [0.15, 0.2) is 42.5 Å². The summed E-state index contributed by atoms with van der Waals surface area (Å²) in [4.78, 5) is 11.4. The molecule has 0 unspecified atom stereocenters. The normalized spacial score (nSPS) is 10.4. The van der Waals surface area contributed by atoms with Gasteiger partial charge in [-0.3, -0.25) is 4.79 Å². The number of hydrogen-bond acceptors (Lipinski definition) is 5. The Morgan fingerprint density at radius 3 is 2.38 bits per heavy atom. The first-order valence-electron chi connectivity index (χ1n) is 8.86. The second kappa shape index (κ2) is 10.5. The van der Waals surface area contributed by atoms with Gasteiger partial charge >= 0.3 is 5.97 Å². The van der Waals surface area contributed by atoms with Crippen molar-refractivity contribution in [3.05, 3.63) is 53.6 Å². The fourth-order valence-electron chi connectivity index (χ4n) is 2.57. The first-order valence-corrected chi connectivity index (χ1v) is 8.86. The van der Waals surface area contributed by atoms with E-state index in [1.165, 1.54) is 0 Å². The molecule has 0 heterocycles. The van der Waals surface area contributed by atoms with Gasteiger partial charge in [0.1, 0.15) is 5.75 Å². The molecule has 5 heteroatoms. The molecule has 0 aromatic heterocycles. The van der Waals surface area contributed by atoms with Crippen LogP contribution in [-0.2, 0) is 22.4 Å². The van der Waals surface area contributed by atoms with E-state index in [2.05, 4.69) is 0 Å².